The van der Waals surface area contributed by atoms with Gasteiger partial charge < -0.3 is 10.5 Å². The standard InChI is InChI=1S/C13H27NO/c1-10-5-6-11(2)13(14,9-10)12(3)7-8-15-4/h10-12H,5-9,14H2,1-4H3. The first-order chi connectivity index (χ1) is 7.00. The van der Waals surface area contributed by atoms with E-state index in [0.717, 1.165) is 18.9 Å². The van der Waals surface area contributed by atoms with E-state index >= 15 is 0 Å². The van der Waals surface area contributed by atoms with Crippen LogP contribution in [0.3, 0.4) is 0 Å². The van der Waals surface area contributed by atoms with Crippen LogP contribution in [0, 0.1) is 17.8 Å². The lowest BCUT2D eigenvalue weighted by Gasteiger charge is -2.46. The molecule has 2 heteroatoms. The van der Waals surface area contributed by atoms with Gasteiger partial charge in [0, 0.05) is 19.3 Å². The molecular formula is C13H27NO. The Morgan fingerprint density at radius 2 is 2.07 bits per heavy atom. The van der Waals surface area contributed by atoms with E-state index in [0.29, 0.717) is 11.8 Å². The molecule has 1 fully saturated rings. The third-order valence-electron chi connectivity index (χ3n) is 4.38. The summed E-state index contributed by atoms with van der Waals surface area (Å²) in [5, 5.41) is 0. The average molecular weight is 213 g/mol. The molecule has 4 unspecified atom stereocenters. The van der Waals surface area contributed by atoms with Crippen LogP contribution in [0.25, 0.3) is 0 Å². The summed E-state index contributed by atoms with van der Waals surface area (Å²) in [6.45, 7) is 7.76. The van der Waals surface area contributed by atoms with E-state index in [1.165, 1.54) is 19.3 Å². The van der Waals surface area contributed by atoms with Crippen LogP contribution in [0.15, 0.2) is 0 Å². The van der Waals surface area contributed by atoms with E-state index in [1.807, 2.05) is 0 Å². The van der Waals surface area contributed by atoms with Crippen molar-refractivity contribution >= 4 is 0 Å². The number of ether oxygens (including phenoxy) is 1. The smallest absolute Gasteiger partial charge is 0.0465 e. The zero-order valence-corrected chi connectivity index (χ0v) is 10.8. The van der Waals surface area contributed by atoms with Crippen molar-refractivity contribution in [1.29, 1.82) is 0 Å². The van der Waals surface area contributed by atoms with Crippen molar-refractivity contribution in [3.8, 4) is 0 Å². The van der Waals surface area contributed by atoms with Crippen molar-refractivity contribution in [3.63, 3.8) is 0 Å². The minimum atomic E-state index is 0.0379. The summed E-state index contributed by atoms with van der Waals surface area (Å²) in [5.74, 6) is 2.01. The summed E-state index contributed by atoms with van der Waals surface area (Å²) in [6, 6.07) is 0. The van der Waals surface area contributed by atoms with Crippen LogP contribution < -0.4 is 5.73 Å². The lowest BCUT2D eigenvalue weighted by atomic mass is 9.64. The van der Waals surface area contributed by atoms with E-state index in [1.54, 1.807) is 7.11 Å². The Morgan fingerprint density at radius 1 is 1.40 bits per heavy atom. The van der Waals surface area contributed by atoms with Crippen LogP contribution in [0.5, 0.6) is 0 Å². The lowest BCUT2D eigenvalue weighted by Crippen LogP contribution is -2.55. The number of hydrogen-bond acceptors (Lipinski definition) is 2. The zero-order chi connectivity index (χ0) is 11.5. The maximum atomic E-state index is 6.62. The van der Waals surface area contributed by atoms with E-state index < -0.39 is 0 Å². The molecule has 0 amide bonds. The summed E-state index contributed by atoms with van der Waals surface area (Å²) in [5.41, 5.74) is 6.66. The number of nitrogens with two attached hydrogens (primary N) is 1. The summed E-state index contributed by atoms with van der Waals surface area (Å²) in [6.07, 6.45) is 4.90. The first kappa shape index (κ1) is 13.0. The quantitative estimate of drug-likeness (QED) is 0.779. The van der Waals surface area contributed by atoms with Crippen molar-refractivity contribution < 1.29 is 4.74 Å². The van der Waals surface area contributed by atoms with Crippen molar-refractivity contribution in [1.82, 2.24) is 0 Å². The Balaban J connectivity index is 2.60. The topological polar surface area (TPSA) is 35.2 Å². The van der Waals surface area contributed by atoms with Gasteiger partial charge in [-0.15, -0.1) is 0 Å². The fourth-order valence-electron chi connectivity index (χ4n) is 2.96. The Kier molecular flexibility index (Phi) is 4.60. The van der Waals surface area contributed by atoms with Crippen LogP contribution >= 0.6 is 0 Å². The van der Waals surface area contributed by atoms with Crippen molar-refractivity contribution in [2.75, 3.05) is 13.7 Å². The van der Waals surface area contributed by atoms with Gasteiger partial charge in [-0.05, 0) is 37.0 Å². The molecule has 90 valence electrons. The number of methoxy groups -OCH3 is 1. The average Bonchev–Trinajstić information content (AvgIpc) is 2.20. The third-order valence-corrected chi connectivity index (χ3v) is 4.38. The maximum Gasteiger partial charge on any atom is 0.0465 e. The van der Waals surface area contributed by atoms with Gasteiger partial charge in [0.25, 0.3) is 0 Å². The molecule has 0 heterocycles. The second-order valence-corrected chi connectivity index (χ2v) is 5.58. The van der Waals surface area contributed by atoms with Gasteiger partial charge in [0.05, 0.1) is 0 Å². The predicted molar refractivity (Wildman–Crippen MR) is 64.8 cm³/mol. The van der Waals surface area contributed by atoms with Gasteiger partial charge in [0.1, 0.15) is 0 Å². The van der Waals surface area contributed by atoms with Crippen molar-refractivity contribution in [3.05, 3.63) is 0 Å². The summed E-state index contributed by atoms with van der Waals surface area (Å²) >= 11 is 0. The molecule has 15 heavy (non-hydrogen) atoms. The fourth-order valence-corrected chi connectivity index (χ4v) is 2.96. The van der Waals surface area contributed by atoms with Crippen molar-refractivity contribution in [2.24, 2.45) is 23.5 Å². The first-order valence-corrected chi connectivity index (χ1v) is 6.28. The predicted octanol–water partition coefficient (Wildman–Crippen LogP) is 2.81. The highest BCUT2D eigenvalue weighted by molar-refractivity contribution is 4.97. The van der Waals surface area contributed by atoms with E-state index in [-0.39, 0.29) is 5.54 Å². The van der Waals surface area contributed by atoms with Crippen molar-refractivity contribution in [2.45, 2.75) is 52.0 Å². The molecule has 0 bridgehead atoms. The highest BCUT2D eigenvalue weighted by Crippen LogP contribution is 2.40. The van der Waals surface area contributed by atoms with Gasteiger partial charge in [0.2, 0.25) is 0 Å². The van der Waals surface area contributed by atoms with Gasteiger partial charge >= 0.3 is 0 Å². The molecular weight excluding hydrogens is 186 g/mol. The molecule has 0 aliphatic heterocycles. The molecule has 1 rings (SSSR count). The SMILES string of the molecule is COCCC(C)C1(N)CC(C)CCC1C. The third kappa shape index (κ3) is 2.94. The minimum Gasteiger partial charge on any atom is -0.385 e. The second-order valence-electron chi connectivity index (χ2n) is 5.58. The highest BCUT2D eigenvalue weighted by atomic mass is 16.5. The molecule has 0 aromatic heterocycles. The molecule has 0 spiro atoms. The first-order valence-electron chi connectivity index (χ1n) is 6.28. The molecule has 1 aliphatic rings. The molecule has 4 atom stereocenters. The monoisotopic (exact) mass is 213 g/mol. The van der Waals surface area contributed by atoms with Gasteiger partial charge in [-0.1, -0.05) is 27.2 Å². The lowest BCUT2D eigenvalue weighted by molar-refractivity contribution is 0.0803. The largest absolute Gasteiger partial charge is 0.385 e. The van der Waals surface area contributed by atoms with E-state index in [2.05, 4.69) is 20.8 Å². The molecule has 1 aliphatic carbocycles. The Morgan fingerprint density at radius 3 is 2.67 bits per heavy atom. The van der Waals surface area contributed by atoms with Crippen LogP contribution in [0.2, 0.25) is 0 Å². The van der Waals surface area contributed by atoms with Gasteiger partial charge in [-0.25, -0.2) is 0 Å². The molecule has 0 radical (unpaired) electrons. The van der Waals surface area contributed by atoms with Crippen LogP contribution in [-0.2, 0) is 4.74 Å². The molecule has 2 N–H and O–H groups in total. The summed E-state index contributed by atoms with van der Waals surface area (Å²) in [7, 11) is 1.77. The molecule has 2 nitrogen and oxygen atoms in total. The van der Waals surface area contributed by atoms with Crippen LogP contribution in [-0.4, -0.2) is 19.3 Å². The van der Waals surface area contributed by atoms with Crippen LogP contribution in [0.1, 0.15) is 46.5 Å². The maximum absolute atomic E-state index is 6.62. The van der Waals surface area contributed by atoms with Crippen LogP contribution in [0.4, 0.5) is 0 Å². The zero-order valence-electron chi connectivity index (χ0n) is 10.8. The molecule has 0 aromatic rings. The minimum absolute atomic E-state index is 0.0379. The number of hydrogen-bond donors (Lipinski definition) is 1. The normalized spacial score (nSPS) is 39.0. The van der Waals surface area contributed by atoms with E-state index in [9.17, 15) is 0 Å². The number of rotatable bonds is 4. The fraction of sp³-hybridized carbons (Fsp3) is 1.00. The van der Waals surface area contributed by atoms with Gasteiger partial charge in [-0.3, -0.25) is 0 Å². The Bertz CT molecular complexity index is 195. The van der Waals surface area contributed by atoms with Gasteiger partial charge in [-0.2, -0.15) is 0 Å². The summed E-state index contributed by atoms with van der Waals surface area (Å²) in [4.78, 5) is 0. The second kappa shape index (κ2) is 5.31. The Hall–Kier alpha value is -0.0800. The van der Waals surface area contributed by atoms with Gasteiger partial charge in [0.15, 0.2) is 0 Å². The molecule has 0 saturated heterocycles. The van der Waals surface area contributed by atoms with E-state index in [4.69, 9.17) is 10.5 Å². The Labute approximate surface area is 94.6 Å². The molecule has 1 saturated carbocycles. The summed E-state index contributed by atoms with van der Waals surface area (Å²) < 4.78 is 5.15. The highest BCUT2D eigenvalue weighted by Gasteiger charge is 2.40. The molecule has 0 aromatic carbocycles.